The van der Waals surface area contributed by atoms with Crippen molar-refractivity contribution < 1.29 is 27.3 Å². The van der Waals surface area contributed by atoms with Gasteiger partial charge in [0.25, 0.3) is 5.91 Å². The summed E-state index contributed by atoms with van der Waals surface area (Å²) < 4.78 is 52.3. The summed E-state index contributed by atoms with van der Waals surface area (Å²) in [7, 11) is 0. The van der Waals surface area contributed by atoms with Gasteiger partial charge in [0.2, 0.25) is 0 Å². The van der Waals surface area contributed by atoms with Crippen LogP contribution in [0.25, 0.3) is 0 Å². The van der Waals surface area contributed by atoms with Crippen LogP contribution in [0.4, 0.5) is 28.9 Å². The number of nitrogens with one attached hydrogen (secondary N) is 2. The molecule has 1 saturated heterocycles. The lowest BCUT2D eigenvalue weighted by atomic mass is 10.1. The number of amides is 1. The summed E-state index contributed by atoms with van der Waals surface area (Å²) in [6, 6.07) is 10.7. The van der Waals surface area contributed by atoms with Crippen LogP contribution in [0.3, 0.4) is 0 Å². The van der Waals surface area contributed by atoms with Crippen molar-refractivity contribution >= 4 is 17.3 Å². The third-order valence-corrected chi connectivity index (χ3v) is 5.09. The highest BCUT2D eigenvalue weighted by Gasteiger charge is 2.35. The van der Waals surface area contributed by atoms with Gasteiger partial charge in [-0.1, -0.05) is 12.1 Å². The largest absolute Gasteiger partial charge is 0.418 e. The van der Waals surface area contributed by atoms with Crippen molar-refractivity contribution in [2.75, 3.05) is 36.4 Å². The quantitative estimate of drug-likeness (QED) is 0.780. The lowest BCUT2D eigenvalue weighted by molar-refractivity contribution is -0.914. The van der Waals surface area contributed by atoms with E-state index in [0.717, 1.165) is 16.7 Å². The second-order valence-electron chi connectivity index (χ2n) is 6.88. The number of nitrogens with zero attached hydrogens (tertiary/aromatic N) is 1. The second kappa shape index (κ2) is 8.18. The molecule has 2 N–H and O–H groups in total. The van der Waals surface area contributed by atoms with E-state index in [9.17, 15) is 22.4 Å². The Morgan fingerprint density at radius 2 is 1.68 bits per heavy atom. The SMILES string of the molecule is C[C@@H](C(=O)Nc1ccccc1C(F)(F)F)[NH+]1CCN(c2ccc(F)cc2)CC1. The molecule has 3 rings (SSSR count). The first-order valence-electron chi connectivity index (χ1n) is 9.08. The zero-order valence-corrected chi connectivity index (χ0v) is 15.4. The van der Waals surface area contributed by atoms with E-state index < -0.39 is 23.7 Å². The van der Waals surface area contributed by atoms with Crippen LogP contribution >= 0.6 is 0 Å². The first-order valence-corrected chi connectivity index (χ1v) is 9.08. The Bertz CT molecular complexity index is 815. The molecule has 0 spiro atoms. The third-order valence-electron chi connectivity index (χ3n) is 5.09. The van der Waals surface area contributed by atoms with E-state index in [1.54, 1.807) is 19.1 Å². The number of benzene rings is 2. The fraction of sp³-hybridized carbons (Fsp3) is 0.350. The minimum Gasteiger partial charge on any atom is -0.360 e. The molecule has 4 nitrogen and oxygen atoms in total. The topological polar surface area (TPSA) is 36.8 Å². The molecule has 0 aliphatic carbocycles. The van der Waals surface area contributed by atoms with Crippen molar-refractivity contribution in [3.05, 3.63) is 59.9 Å². The van der Waals surface area contributed by atoms with Gasteiger partial charge in [-0.15, -0.1) is 0 Å². The molecule has 1 amide bonds. The molecule has 1 heterocycles. The van der Waals surface area contributed by atoms with E-state index in [-0.39, 0.29) is 11.5 Å². The molecule has 150 valence electrons. The Morgan fingerprint density at radius 1 is 1.07 bits per heavy atom. The van der Waals surface area contributed by atoms with Crippen LogP contribution in [0.15, 0.2) is 48.5 Å². The van der Waals surface area contributed by atoms with Crippen LogP contribution in [0.2, 0.25) is 0 Å². The summed E-state index contributed by atoms with van der Waals surface area (Å²) in [6.07, 6.45) is -4.53. The third kappa shape index (κ3) is 4.62. The van der Waals surface area contributed by atoms with Crippen LogP contribution in [0.5, 0.6) is 0 Å². The standard InChI is InChI=1S/C20H21F4N3O/c1-14(19(28)25-18-5-3-2-4-17(18)20(22,23)24)26-10-12-27(13-11-26)16-8-6-15(21)7-9-16/h2-9,14H,10-13H2,1H3,(H,25,28)/p+1/t14-/m0/s1. The summed E-state index contributed by atoms with van der Waals surface area (Å²) in [5.41, 5.74) is -0.167. The highest BCUT2D eigenvalue weighted by Crippen LogP contribution is 2.34. The van der Waals surface area contributed by atoms with E-state index in [4.69, 9.17) is 0 Å². The molecule has 0 unspecified atom stereocenters. The van der Waals surface area contributed by atoms with E-state index >= 15 is 0 Å². The lowest BCUT2D eigenvalue weighted by Gasteiger charge is -2.36. The Balaban J connectivity index is 1.60. The highest BCUT2D eigenvalue weighted by atomic mass is 19.4. The molecule has 0 saturated carbocycles. The van der Waals surface area contributed by atoms with Crippen LogP contribution in [0, 0.1) is 5.82 Å². The molecule has 8 heteroatoms. The smallest absolute Gasteiger partial charge is 0.360 e. The van der Waals surface area contributed by atoms with Gasteiger partial charge in [0.1, 0.15) is 5.82 Å². The number of hydrogen-bond acceptors (Lipinski definition) is 2. The van der Waals surface area contributed by atoms with Crippen LogP contribution < -0.4 is 15.1 Å². The molecule has 0 radical (unpaired) electrons. The maximum absolute atomic E-state index is 13.1. The zero-order chi connectivity index (χ0) is 20.3. The second-order valence-corrected chi connectivity index (χ2v) is 6.88. The minimum atomic E-state index is -4.53. The molecule has 1 aliphatic rings. The lowest BCUT2D eigenvalue weighted by Crippen LogP contribution is -3.19. The van der Waals surface area contributed by atoms with Crippen molar-refractivity contribution in [3.8, 4) is 0 Å². The molecule has 28 heavy (non-hydrogen) atoms. The summed E-state index contributed by atoms with van der Waals surface area (Å²) in [6.45, 7) is 4.39. The van der Waals surface area contributed by atoms with E-state index in [1.165, 1.54) is 30.3 Å². The van der Waals surface area contributed by atoms with Crippen molar-refractivity contribution in [3.63, 3.8) is 0 Å². The van der Waals surface area contributed by atoms with Gasteiger partial charge in [0.05, 0.1) is 37.4 Å². The summed E-state index contributed by atoms with van der Waals surface area (Å²) in [5.74, 6) is -0.737. The van der Waals surface area contributed by atoms with E-state index in [2.05, 4.69) is 10.2 Å². The minimum absolute atomic E-state index is 0.226. The van der Waals surface area contributed by atoms with Gasteiger partial charge in [-0.3, -0.25) is 4.79 Å². The van der Waals surface area contributed by atoms with Crippen molar-refractivity contribution in [1.29, 1.82) is 0 Å². The normalized spacial score (nSPS) is 16.7. The fourth-order valence-electron chi connectivity index (χ4n) is 3.40. The molecule has 2 aromatic carbocycles. The fourth-order valence-corrected chi connectivity index (χ4v) is 3.40. The molecule has 1 fully saturated rings. The predicted molar refractivity (Wildman–Crippen MR) is 98.8 cm³/mol. The number of quaternary nitrogens is 1. The maximum Gasteiger partial charge on any atom is 0.418 e. The number of para-hydroxylation sites is 1. The number of carbonyl (C=O) groups excluding carboxylic acids is 1. The zero-order valence-electron chi connectivity index (χ0n) is 15.4. The van der Waals surface area contributed by atoms with Crippen molar-refractivity contribution in [2.24, 2.45) is 0 Å². The summed E-state index contributed by atoms with van der Waals surface area (Å²) >= 11 is 0. The average molecular weight is 396 g/mol. The Hall–Kier alpha value is -2.61. The maximum atomic E-state index is 13.1. The molecule has 0 aromatic heterocycles. The molecule has 2 aromatic rings. The average Bonchev–Trinajstić information content (AvgIpc) is 2.68. The molecular weight excluding hydrogens is 374 g/mol. The monoisotopic (exact) mass is 396 g/mol. The number of hydrogen-bond donors (Lipinski definition) is 2. The van der Waals surface area contributed by atoms with Gasteiger partial charge in [0, 0.05) is 5.69 Å². The van der Waals surface area contributed by atoms with E-state index in [0.29, 0.717) is 26.2 Å². The summed E-state index contributed by atoms with van der Waals surface area (Å²) in [5, 5.41) is 2.43. The van der Waals surface area contributed by atoms with E-state index in [1.807, 2.05) is 0 Å². The number of piperazine rings is 1. The first-order chi connectivity index (χ1) is 13.3. The Labute approximate surface area is 160 Å². The number of carbonyl (C=O) groups is 1. The van der Waals surface area contributed by atoms with Gasteiger partial charge < -0.3 is 15.1 Å². The number of halogens is 4. The number of alkyl halides is 3. The van der Waals surface area contributed by atoms with Crippen LogP contribution in [-0.2, 0) is 11.0 Å². The van der Waals surface area contributed by atoms with Crippen LogP contribution in [0.1, 0.15) is 12.5 Å². The van der Waals surface area contributed by atoms with Gasteiger partial charge in [-0.2, -0.15) is 13.2 Å². The summed E-state index contributed by atoms with van der Waals surface area (Å²) in [4.78, 5) is 15.6. The highest BCUT2D eigenvalue weighted by molar-refractivity contribution is 5.94. The van der Waals surface area contributed by atoms with Crippen LogP contribution in [-0.4, -0.2) is 38.1 Å². The number of rotatable bonds is 4. The van der Waals surface area contributed by atoms with Crippen molar-refractivity contribution in [2.45, 2.75) is 19.1 Å². The van der Waals surface area contributed by atoms with Gasteiger partial charge in [0.15, 0.2) is 6.04 Å². The molecular formula is C20H22F4N3O+. The van der Waals surface area contributed by atoms with Gasteiger partial charge in [-0.05, 0) is 43.3 Å². The number of anilines is 2. The molecule has 1 atom stereocenters. The Morgan fingerprint density at radius 3 is 2.29 bits per heavy atom. The Kier molecular flexibility index (Phi) is 5.88. The predicted octanol–water partition coefficient (Wildman–Crippen LogP) is 2.58. The molecule has 0 bridgehead atoms. The first kappa shape index (κ1) is 20.1. The van der Waals surface area contributed by atoms with Crippen molar-refractivity contribution in [1.82, 2.24) is 0 Å². The van der Waals surface area contributed by atoms with Gasteiger partial charge >= 0.3 is 6.18 Å². The van der Waals surface area contributed by atoms with Gasteiger partial charge in [-0.25, -0.2) is 4.39 Å². The molecule has 1 aliphatic heterocycles.